The smallest absolute Gasteiger partial charge is 0.550 e. The number of aliphatic carboxylic acids is 2. The van der Waals surface area contributed by atoms with Crippen molar-refractivity contribution in [1.29, 1.82) is 0 Å². The van der Waals surface area contributed by atoms with Gasteiger partial charge in [-0.25, -0.2) is 0 Å². The van der Waals surface area contributed by atoms with Crippen LogP contribution in [0.25, 0.3) is 0 Å². The van der Waals surface area contributed by atoms with Gasteiger partial charge < -0.3 is 19.8 Å². The van der Waals surface area contributed by atoms with Crippen LogP contribution in [-0.2, 0) is 36.9 Å². The predicted octanol–water partition coefficient (Wildman–Crippen LogP) is 13.9. The van der Waals surface area contributed by atoms with E-state index >= 15 is 0 Å². The summed E-state index contributed by atoms with van der Waals surface area (Å²) in [7, 11) is 0. The van der Waals surface area contributed by atoms with Crippen LogP contribution in [0.15, 0.2) is 0 Å². The standard InChI is InChI=1S/2C23H46O2.Cd/c2*1-2-3-4-5-6-7-8-9-10-11-12-13-14-15-16-17-18-19-20-21-22-23(24)25;/h2*2-22H2,1H3,(H,24,25);/q;;+2/p-2. The molecule has 5 heteroatoms. The first-order chi connectivity index (χ1) is 24.5. The molecular formula is C46H90CdO4. The summed E-state index contributed by atoms with van der Waals surface area (Å²) in [6.45, 7) is 4.57. The summed E-state index contributed by atoms with van der Waals surface area (Å²) in [6.07, 6.45) is 54.4. The third kappa shape index (κ3) is 59.4. The Morgan fingerprint density at radius 3 is 0.490 bits per heavy atom. The van der Waals surface area contributed by atoms with Gasteiger partial charge in [0.15, 0.2) is 0 Å². The molecule has 0 saturated heterocycles. The molecule has 0 aliphatic heterocycles. The number of carbonyl (C=O) groups excluding carboxylic acids is 2. The van der Waals surface area contributed by atoms with Crippen LogP contribution in [0.1, 0.15) is 284 Å². The van der Waals surface area contributed by atoms with Gasteiger partial charge in [0.25, 0.3) is 0 Å². The van der Waals surface area contributed by atoms with Crippen molar-refractivity contribution in [2.24, 2.45) is 0 Å². The summed E-state index contributed by atoms with van der Waals surface area (Å²) >= 11 is 0. The van der Waals surface area contributed by atoms with Crippen molar-refractivity contribution in [3.63, 3.8) is 0 Å². The van der Waals surface area contributed by atoms with Crippen molar-refractivity contribution >= 4 is 11.9 Å². The van der Waals surface area contributed by atoms with E-state index in [1.165, 1.54) is 231 Å². The first kappa shape index (κ1) is 55.2. The van der Waals surface area contributed by atoms with E-state index in [1.54, 1.807) is 0 Å². The minimum atomic E-state index is -0.901. The Morgan fingerprint density at radius 1 is 0.255 bits per heavy atom. The van der Waals surface area contributed by atoms with Gasteiger partial charge in [-0.05, 0) is 25.7 Å². The third-order valence-electron chi connectivity index (χ3n) is 10.5. The quantitative estimate of drug-likeness (QED) is 0.0454. The van der Waals surface area contributed by atoms with Crippen molar-refractivity contribution in [3.8, 4) is 0 Å². The molecule has 0 aromatic heterocycles. The zero-order valence-electron chi connectivity index (χ0n) is 35.0. The summed E-state index contributed by atoms with van der Waals surface area (Å²) in [5.41, 5.74) is 0. The number of carboxylic acid groups (broad SMARTS) is 2. The molecule has 0 saturated carbocycles. The second-order valence-corrected chi connectivity index (χ2v) is 15.7. The second-order valence-electron chi connectivity index (χ2n) is 15.7. The molecule has 0 amide bonds. The fraction of sp³-hybridized carbons (Fsp3) is 0.957. The van der Waals surface area contributed by atoms with Crippen LogP contribution in [0.4, 0.5) is 0 Å². The minimum absolute atomic E-state index is 0. The van der Waals surface area contributed by atoms with Gasteiger partial charge in [-0.3, -0.25) is 0 Å². The van der Waals surface area contributed by atoms with Crippen LogP contribution in [0.2, 0.25) is 0 Å². The zero-order chi connectivity index (χ0) is 36.9. The maximum absolute atomic E-state index is 10.3. The van der Waals surface area contributed by atoms with Gasteiger partial charge in [-0.2, -0.15) is 0 Å². The molecule has 0 bridgehead atoms. The number of hydrogen-bond donors (Lipinski definition) is 0. The molecule has 0 unspecified atom stereocenters. The Bertz CT molecular complexity index is 587. The molecule has 0 N–H and O–H groups in total. The van der Waals surface area contributed by atoms with E-state index < -0.39 is 11.9 Å². The van der Waals surface area contributed by atoms with Crippen molar-refractivity contribution in [2.45, 2.75) is 284 Å². The molecular weight excluding hydrogens is 729 g/mol. The van der Waals surface area contributed by atoms with Gasteiger partial charge in [0.1, 0.15) is 0 Å². The van der Waals surface area contributed by atoms with Gasteiger partial charge in [0, 0.05) is 11.9 Å². The second kappa shape index (κ2) is 52.0. The number of rotatable bonds is 42. The van der Waals surface area contributed by atoms with E-state index in [4.69, 9.17) is 0 Å². The summed E-state index contributed by atoms with van der Waals surface area (Å²) in [5.74, 6) is -1.80. The molecule has 51 heavy (non-hydrogen) atoms. The monoisotopic (exact) mass is 821 g/mol. The van der Waals surface area contributed by atoms with Crippen LogP contribution in [-0.4, -0.2) is 11.9 Å². The van der Waals surface area contributed by atoms with E-state index in [1.807, 2.05) is 0 Å². The normalized spacial score (nSPS) is 10.9. The average molecular weight is 820 g/mol. The molecule has 0 atom stereocenters. The van der Waals surface area contributed by atoms with E-state index in [9.17, 15) is 19.8 Å². The Labute approximate surface area is 340 Å². The average Bonchev–Trinajstić information content (AvgIpc) is 3.10. The van der Waals surface area contributed by atoms with Gasteiger partial charge in [0.2, 0.25) is 0 Å². The van der Waals surface area contributed by atoms with E-state index in [2.05, 4.69) is 13.8 Å². The molecule has 0 aliphatic carbocycles. The first-order valence-electron chi connectivity index (χ1n) is 22.9. The van der Waals surface area contributed by atoms with E-state index in [0.717, 1.165) is 25.7 Å². The third-order valence-corrected chi connectivity index (χ3v) is 10.5. The maximum Gasteiger partial charge on any atom is 2.00 e. The number of carboxylic acids is 2. The van der Waals surface area contributed by atoms with Crippen LogP contribution < -0.4 is 10.2 Å². The Hall–Kier alpha value is -0.138. The predicted molar refractivity (Wildman–Crippen MR) is 215 cm³/mol. The molecule has 0 spiro atoms. The Kier molecular flexibility index (Phi) is 56.2. The van der Waals surface area contributed by atoms with Gasteiger partial charge in [0.05, 0.1) is 0 Å². The Morgan fingerprint density at radius 2 is 0.373 bits per heavy atom. The van der Waals surface area contributed by atoms with Crippen LogP contribution in [0.5, 0.6) is 0 Å². The maximum atomic E-state index is 10.3. The van der Waals surface area contributed by atoms with Crippen molar-refractivity contribution in [3.05, 3.63) is 0 Å². The first-order valence-corrected chi connectivity index (χ1v) is 22.9. The van der Waals surface area contributed by atoms with E-state index in [-0.39, 0.29) is 40.1 Å². The fourth-order valence-corrected chi connectivity index (χ4v) is 7.05. The van der Waals surface area contributed by atoms with Gasteiger partial charge in [-0.15, -0.1) is 0 Å². The SMILES string of the molecule is CCCCCCCCCCCCCCCCCCCCCCC(=O)[O-].CCCCCCCCCCCCCCCCCCCCCCC(=O)[O-].[Cd+2]. The molecule has 0 radical (unpaired) electrons. The largest absolute Gasteiger partial charge is 2.00 e. The minimum Gasteiger partial charge on any atom is -0.550 e. The van der Waals surface area contributed by atoms with Gasteiger partial charge >= 0.3 is 27.3 Å². The Balaban J connectivity index is -0.000000886. The van der Waals surface area contributed by atoms with Crippen LogP contribution >= 0.6 is 0 Å². The fourth-order valence-electron chi connectivity index (χ4n) is 7.05. The number of unbranched alkanes of at least 4 members (excludes halogenated alkanes) is 38. The molecule has 0 rings (SSSR count). The van der Waals surface area contributed by atoms with Crippen molar-refractivity contribution in [2.75, 3.05) is 0 Å². The molecule has 0 aromatic rings. The summed E-state index contributed by atoms with van der Waals surface area (Å²) in [6, 6.07) is 0. The molecule has 0 aromatic carbocycles. The number of carbonyl (C=O) groups is 2. The zero-order valence-corrected chi connectivity index (χ0v) is 39.1. The van der Waals surface area contributed by atoms with Crippen molar-refractivity contribution < 1.29 is 47.1 Å². The van der Waals surface area contributed by atoms with Crippen LogP contribution in [0, 0.1) is 0 Å². The molecule has 0 heterocycles. The summed E-state index contributed by atoms with van der Waals surface area (Å²) in [5, 5.41) is 20.6. The van der Waals surface area contributed by atoms with Crippen molar-refractivity contribution in [1.82, 2.24) is 0 Å². The summed E-state index contributed by atoms with van der Waals surface area (Å²) in [4.78, 5) is 20.6. The molecule has 4 nitrogen and oxygen atoms in total. The molecule has 300 valence electrons. The topological polar surface area (TPSA) is 80.3 Å². The molecule has 0 fully saturated rings. The van der Waals surface area contributed by atoms with Crippen LogP contribution in [0.3, 0.4) is 0 Å². The molecule has 0 aliphatic rings. The van der Waals surface area contributed by atoms with E-state index in [0.29, 0.717) is 0 Å². The van der Waals surface area contributed by atoms with Gasteiger partial charge in [-0.1, -0.05) is 258 Å². The number of hydrogen-bond acceptors (Lipinski definition) is 4. The summed E-state index contributed by atoms with van der Waals surface area (Å²) < 4.78 is 0.